The molecular weight excluding hydrogens is 495 g/mol. The maximum absolute atomic E-state index is 13.0. The predicted molar refractivity (Wildman–Crippen MR) is 133 cm³/mol. The van der Waals surface area contributed by atoms with Gasteiger partial charge in [-0.2, -0.15) is 13.2 Å². The van der Waals surface area contributed by atoms with Gasteiger partial charge in [-0.15, -0.1) is 11.3 Å². The van der Waals surface area contributed by atoms with Crippen LogP contribution in [0.4, 0.5) is 18.9 Å². The molecular formula is C26H15ClF3N3OS. The summed E-state index contributed by atoms with van der Waals surface area (Å²) >= 11 is 7.53. The Morgan fingerprint density at radius 2 is 1.66 bits per heavy atom. The molecule has 0 spiro atoms. The molecule has 9 heteroatoms. The molecule has 0 aliphatic rings. The number of fused-ring (bicyclic) bond motifs is 1. The van der Waals surface area contributed by atoms with Gasteiger partial charge in [-0.05, 0) is 54.1 Å². The molecule has 0 aliphatic heterocycles. The number of alkyl halides is 3. The third kappa shape index (κ3) is 4.89. The van der Waals surface area contributed by atoms with Crippen molar-refractivity contribution in [2.45, 2.75) is 6.18 Å². The number of carbonyl (C=O) groups excluding carboxylic acids is 1. The Bertz CT molecular complexity index is 1550. The molecule has 0 radical (unpaired) electrons. The summed E-state index contributed by atoms with van der Waals surface area (Å²) in [6, 6.07) is 20.8. The number of carbonyl (C=O) groups is 1. The van der Waals surface area contributed by atoms with Crippen LogP contribution < -0.4 is 5.32 Å². The van der Waals surface area contributed by atoms with Gasteiger partial charge < -0.3 is 5.32 Å². The van der Waals surface area contributed by atoms with Gasteiger partial charge in [0.2, 0.25) is 0 Å². The molecule has 0 saturated heterocycles. The maximum atomic E-state index is 13.0. The second-order valence-electron chi connectivity index (χ2n) is 7.67. The van der Waals surface area contributed by atoms with Crippen molar-refractivity contribution in [3.63, 3.8) is 0 Å². The van der Waals surface area contributed by atoms with Gasteiger partial charge in [-0.25, -0.2) is 9.97 Å². The van der Waals surface area contributed by atoms with Crippen LogP contribution in [0, 0.1) is 0 Å². The van der Waals surface area contributed by atoms with Gasteiger partial charge in [0.05, 0.1) is 11.3 Å². The van der Waals surface area contributed by atoms with E-state index >= 15 is 0 Å². The number of hydrogen-bond donors (Lipinski definition) is 1. The Morgan fingerprint density at radius 3 is 2.43 bits per heavy atom. The Morgan fingerprint density at radius 1 is 0.886 bits per heavy atom. The molecule has 0 aliphatic carbocycles. The summed E-state index contributed by atoms with van der Waals surface area (Å²) in [6.45, 7) is 0. The molecule has 3 aromatic carbocycles. The Balaban J connectivity index is 1.45. The van der Waals surface area contributed by atoms with Gasteiger partial charge in [0.25, 0.3) is 5.91 Å². The Labute approximate surface area is 207 Å². The maximum Gasteiger partial charge on any atom is 0.416 e. The summed E-state index contributed by atoms with van der Waals surface area (Å²) in [5.74, 6) is -0.637. The highest BCUT2D eigenvalue weighted by Crippen LogP contribution is 2.37. The van der Waals surface area contributed by atoms with Crippen LogP contribution in [0.3, 0.4) is 0 Å². The van der Waals surface area contributed by atoms with E-state index in [0.29, 0.717) is 16.4 Å². The van der Waals surface area contributed by atoms with E-state index in [-0.39, 0.29) is 5.56 Å². The van der Waals surface area contributed by atoms with E-state index < -0.39 is 17.6 Å². The second-order valence-corrected chi connectivity index (χ2v) is 9.14. The minimum atomic E-state index is -4.53. The van der Waals surface area contributed by atoms with Crippen molar-refractivity contribution in [2.24, 2.45) is 0 Å². The van der Waals surface area contributed by atoms with Crippen LogP contribution in [0.5, 0.6) is 0 Å². The summed E-state index contributed by atoms with van der Waals surface area (Å²) in [6.07, 6.45) is -3.05. The quantitative estimate of drug-likeness (QED) is 0.267. The lowest BCUT2D eigenvalue weighted by Crippen LogP contribution is -2.14. The van der Waals surface area contributed by atoms with Crippen molar-refractivity contribution in [3.05, 3.63) is 101 Å². The molecule has 5 aromatic rings. The monoisotopic (exact) mass is 509 g/mol. The lowest BCUT2D eigenvalue weighted by atomic mass is 10.1. The Hall–Kier alpha value is -3.75. The molecule has 0 atom stereocenters. The highest BCUT2D eigenvalue weighted by Gasteiger charge is 2.30. The molecule has 4 nitrogen and oxygen atoms in total. The summed E-state index contributed by atoms with van der Waals surface area (Å²) < 4.78 is 39.0. The number of rotatable bonds is 4. The minimum absolute atomic E-state index is 0.0832. The van der Waals surface area contributed by atoms with Crippen molar-refractivity contribution in [3.8, 4) is 21.7 Å². The molecule has 1 amide bonds. The van der Waals surface area contributed by atoms with Crippen molar-refractivity contribution >= 4 is 44.7 Å². The summed E-state index contributed by atoms with van der Waals surface area (Å²) in [7, 11) is 0. The average Bonchev–Trinajstić information content (AvgIpc) is 3.29. The van der Waals surface area contributed by atoms with Crippen LogP contribution >= 0.6 is 22.9 Å². The van der Waals surface area contributed by atoms with Gasteiger partial charge in [0.15, 0.2) is 0 Å². The van der Waals surface area contributed by atoms with Crippen LogP contribution in [0.15, 0.2) is 85.2 Å². The van der Waals surface area contributed by atoms with Crippen LogP contribution in [-0.4, -0.2) is 15.9 Å². The first-order valence-corrected chi connectivity index (χ1v) is 11.6. The molecule has 5 rings (SSSR count). The number of hydrogen-bond acceptors (Lipinski definition) is 4. The minimum Gasteiger partial charge on any atom is -0.322 e. The first-order chi connectivity index (χ1) is 16.8. The van der Waals surface area contributed by atoms with E-state index in [1.54, 1.807) is 18.2 Å². The molecule has 35 heavy (non-hydrogen) atoms. The van der Waals surface area contributed by atoms with Gasteiger partial charge >= 0.3 is 6.18 Å². The lowest BCUT2D eigenvalue weighted by Gasteiger charge is -2.10. The summed E-state index contributed by atoms with van der Waals surface area (Å²) in [4.78, 5) is 23.3. The topological polar surface area (TPSA) is 54.9 Å². The highest BCUT2D eigenvalue weighted by atomic mass is 35.5. The second kappa shape index (κ2) is 9.13. The fourth-order valence-corrected chi connectivity index (χ4v) is 4.76. The molecule has 1 N–H and O–H groups in total. The third-order valence-corrected chi connectivity index (χ3v) is 6.65. The number of aromatic nitrogens is 2. The van der Waals surface area contributed by atoms with E-state index in [1.165, 1.54) is 29.8 Å². The van der Waals surface area contributed by atoms with Gasteiger partial charge in [0, 0.05) is 32.1 Å². The molecule has 0 unspecified atom stereocenters. The van der Waals surface area contributed by atoms with Crippen molar-refractivity contribution < 1.29 is 18.0 Å². The summed E-state index contributed by atoms with van der Waals surface area (Å²) in [5, 5.41) is 4.17. The standard InChI is InChI=1S/C26H15ClF3N3OS/c27-19-9-7-15(8-10-19)22-13-21-23(31-14-32-25(21)35-22)16-3-2-6-20(12-16)33-24(34)17-4-1-5-18(11-17)26(28,29)30/h1-14H,(H,33,34). The van der Waals surface area contributed by atoms with Crippen LogP contribution in [-0.2, 0) is 6.18 Å². The molecule has 0 saturated carbocycles. The fourth-order valence-electron chi connectivity index (χ4n) is 3.63. The lowest BCUT2D eigenvalue weighted by molar-refractivity contribution is -0.137. The molecule has 0 fully saturated rings. The van der Waals surface area contributed by atoms with Crippen molar-refractivity contribution in [2.75, 3.05) is 5.32 Å². The van der Waals surface area contributed by atoms with Crippen molar-refractivity contribution in [1.29, 1.82) is 0 Å². The number of nitrogens with one attached hydrogen (secondary N) is 1. The van der Waals surface area contributed by atoms with Gasteiger partial charge in [-0.1, -0.05) is 41.9 Å². The first kappa shape index (κ1) is 23.0. The number of benzene rings is 3. The zero-order valence-electron chi connectivity index (χ0n) is 17.8. The number of thiophene rings is 1. The summed E-state index contributed by atoms with van der Waals surface area (Å²) in [5.41, 5.74) is 1.90. The van der Waals surface area contributed by atoms with Crippen LogP contribution in [0.2, 0.25) is 5.02 Å². The van der Waals surface area contributed by atoms with E-state index in [1.807, 2.05) is 36.4 Å². The van der Waals surface area contributed by atoms with Gasteiger partial charge in [-0.3, -0.25) is 4.79 Å². The zero-order chi connectivity index (χ0) is 24.6. The van der Waals surface area contributed by atoms with Crippen molar-refractivity contribution in [1.82, 2.24) is 9.97 Å². The normalized spacial score (nSPS) is 11.5. The Kier molecular flexibility index (Phi) is 6.00. The smallest absolute Gasteiger partial charge is 0.322 e. The molecule has 0 bridgehead atoms. The van der Waals surface area contributed by atoms with Crippen LogP contribution in [0.1, 0.15) is 15.9 Å². The molecule has 174 valence electrons. The largest absolute Gasteiger partial charge is 0.416 e. The average molecular weight is 510 g/mol. The fraction of sp³-hybridized carbons (Fsp3) is 0.0385. The van der Waals surface area contributed by atoms with Crippen LogP contribution in [0.25, 0.3) is 31.9 Å². The number of amides is 1. The number of halogens is 4. The SMILES string of the molecule is O=C(Nc1cccc(-c2ncnc3sc(-c4ccc(Cl)cc4)cc23)c1)c1cccc(C(F)(F)F)c1. The molecule has 2 heterocycles. The van der Waals surface area contributed by atoms with E-state index in [0.717, 1.165) is 38.4 Å². The van der Waals surface area contributed by atoms with E-state index in [2.05, 4.69) is 15.3 Å². The van der Waals surface area contributed by atoms with Gasteiger partial charge in [0.1, 0.15) is 11.2 Å². The predicted octanol–water partition coefficient (Wildman–Crippen LogP) is 7.95. The van der Waals surface area contributed by atoms with E-state index in [9.17, 15) is 18.0 Å². The first-order valence-electron chi connectivity index (χ1n) is 10.4. The third-order valence-electron chi connectivity index (χ3n) is 5.30. The molecule has 2 aromatic heterocycles. The zero-order valence-corrected chi connectivity index (χ0v) is 19.4. The number of nitrogens with zero attached hydrogens (tertiary/aromatic N) is 2. The van der Waals surface area contributed by atoms with E-state index in [4.69, 9.17) is 11.6 Å². The highest BCUT2D eigenvalue weighted by molar-refractivity contribution is 7.21. The number of anilines is 1.